The average Bonchev–Trinajstić information content (AvgIpc) is 2.30. The lowest BCUT2D eigenvalue weighted by atomic mass is 9.86. The van der Waals surface area contributed by atoms with E-state index in [0.717, 1.165) is 25.1 Å². The molecule has 1 fully saturated rings. The smallest absolute Gasteiger partial charge is 0.234 e. The Hall–Kier alpha value is -0.830. The number of nitrogens with one attached hydrogen (secondary N) is 1. The number of carbonyl (C=O) groups excluding carboxylic acids is 1. The van der Waals surface area contributed by atoms with Gasteiger partial charge in [0, 0.05) is 12.6 Å². The molecule has 2 atom stereocenters. The third-order valence-corrected chi connectivity index (χ3v) is 3.77. The lowest BCUT2D eigenvalue weighted by molar-refractivity contribution is -0.123. The molecule has 3 heteroatoms. The first-order valence-electron chi connectivity index (χ1n) is 7.19. The third-order valence-electron chi connectivity index (χ3n) is 3.77. The maximum absolute atomic E-state index is 12.0. The van der Waals surface area contributed by atoms with Crippen LogP contribution in [0.15, 0.2) is 12.2 Å². The van der Waals surface area contributed by atoms with E-state index < -0.39 is 0 Å². The molecule has 3 nitrogen and oxygen atoms in total. The summed E-state index contributed by atoms with van der Waals surface area (Å²) in [6.45, 7) is 12.4. The average molecular weight is 252 g/mol. The van der Waals surface area contributed by atoms with E-state index >= 15 is 0 Å². The molecule has 1 aliphatic rings. The molecule has 0 saturated heterocycles. The quantitative estimate of drug-likeness (QED) is 0.737. The van der Waals surface area contributed by atoms with Crippen molar-refractivity contribution in [3.63, 3.8) is 0 Å². The highest BCUT2D eigenvalue weighted by molar-refractivity contribution is 5.78. The van der Waals surface area contributed by atoms with Crippen molar-refractivity contribution in [3.05, 3.63) is 12.2 Å². The van der Waals surface area contributed by atoms with Gasteiger partial charge < -0.3 is 5.32 Å². The van der Waals surface area contributed by atoms with E-state index in [1.54, 1.807) is 0 Å². The molecule has 0 aromatic heterocycles. The molecule has 1 saturated carbocycles. The Morgan fingerprint density at radius 2 is 2.00 bits per heavy atom. The van der Waals surface area contributed by atoms with Gasteiger partial charge in [0.05, 0.1) is 6.54 Å². The van der Waals surface area contributed by atoms with E-state index in [1.165, 1.54) is 19.3 Å². The summed E-state index contributed by atoms with van der Waals surface area (Å²) in [5.41, 5.74) is 1.11. The minimum atomic E-state index is 0.164. The molecular formula is C15H28N2O. The van der Waals surface area contributed by atoms with Crippen molar-refractivity contribution in [1.29, 1.82) is 0 Å². The second-order valence-electron chi connectivity index (χ2n) is 5.70. The normalized spacial score (nSPS) is 24.0. The van der Waals surface area contributed by atoms with Gasteiger partial charge in [-0.2, -0.15) is 0 Å². The van der Waals surface area contributed by atoms with E-state index in [-0.39, 0.29) is 5.91 Å². The predicted octanol–water partition coefficient (Wildman–Crippen LogP) is 2.58. The van der Waals surface area contributed by atoms with Crippen LogP contribution in [-0.4, -0.2) is 36.5 Å². The Balaban J connectivity index is 2.37. The van der Waals surface area contributed by atoms with Crippen LogP contribution in [-0.2, 0) is 4.79 Å². The fourth-order valence-corrected chi connectivity index (χ4v) is 2.65. The molecule has 1 N–H and O–H groups in total. The van der Waals surface area contributed by atoms with Gasteiger partial charge in [-0.15, -0.1) is 0 Å². The van der Waals surface area contributed by atoms with Gasteiger partial charge in [-0.3, -0.25) is 9.69 Å². The van der Waals surface area contributed by atoms with Crippen LogP contribution in [0.2, 0.25) is 0 Å². The monoisotopic (exact) mass is 252 g/mol. The zero-order valence-electron chi connectivity index (χ0n) is 12.2. The lowest BCUT2D eigenvalue weighted by Gasteiger charge is -2.30. The Morgan fingerprint density at radius 1 is 1.33 bits per heavy atom. The van der Waals surface area contributed by atoms with Crippen LogP contribution < -0.4 is 5.32 Å². The molecule has 1 rings (SSSR count). The number of likely N-dealkylation sites (N-methyl/N-ethyl adjacent to an activating group) is 1. The molecule has 1 amide bonds. The maximum atomic E-state index is 12.0. The molecule has 18 heavy (non-hydrogen) atoms. The molecule has 0 radical (unpaired) electrons. The number of nitrogens with zero attached hydrogens (tertiary/aromatic N) is 1. The summed E-state index contributed by atoms with van der Waals surface area (Å²) in [5.74, 6) is 0.788. The molecule has 0 aromatic rings. The van der Waals surface area contributed by atoms with E-state index in [4.69, 9.17) is 0 Å². The molecule has 0 spiro atoms. The van der Waals surface area contributed by atoms with Gasteiger partial charge in [0.1, 0.15) is 0 Å². The van der Waals surface area contributed by atoms with Gasteiger partial charge in [-0.1, -0.05) is 38.8 Å². The SMILES string of the molecule is C=C(C)CN(CC)CC(=O)NC1CCCCC1C. The highest BCUT2D eigenvalue weighted by atomic mass is 16.2. The molecule has 1 aliphatic carbocycles. The van der Waals surface area contributed by atoms with Crippen molar-refractivity contribution >= 4 is 5.91 Å². The summed E-state index contributed by atoms with van der Waals surface area (Å²) >= 11 is 0. The number of amides is 1. The summed E-state index contributed by atoms with van der Waals surface area (Å²) in [4.78, 5) is 14.2. The molecule has 0 aromatic carbocycles. The summed E-state index contributed by atoms with van der Waals surface area (Å²) in [6.07, 6.45) is 4.94. The van der Waals surface area contributed by atoms with Crippen LogP contribution in [0.4, 0.5) is 0 Å². The molecule has 2 unspecified atom stereocenters. The maximum Gasteiger partial charge on any atom is 0.234 e. The highest BCUT2D eigenvalue weighted by Crippen LogP contribution is 2.23. The lowest BCUT2D eigenvalue weighted by Crippen LogP contribution is -2.45. The van der Waals surface area contributed by atoms with Crippen molar-refractivity contribution in [1.82, 2.24) is 10.2 Å². The first-order chi connectivity index (χ1) is 8.52. The van der Waals surface area contributed by atoms with Crippen LogP contribution in [0.3, 0.4) is 0 Å². The number of hydrogen-bond donors (Lipinski definition) is 1. The van der Waals surface area contributed by atoms with Gasteiger partial charge in [0.2, 0.25) is 5.91 Å². The Morgan fingerprint density at radius 3 is 2.56 bits per heavy atom. The Labute approximate surface area is 112 Å². The second kappa shape index (κ2) is 7.57. The molecule has 0 bridgehead atoms. The van der Waals surface area contributed by atoms with Crippen molar-refractivity contribution in [2.45, 2.75) is 52.5 Å². The molecule has 0 aliphatic heterocycles. The minimum absolute atomic E-state index is 0.164. The van der Waals surface area contributed by atoms with E-state index in [9.17, 15) is 4.79 Å². The predicted molar refractivity (Wildman–Crippen MR) is 76.5 cm³/mol. The van der Waals surface area contributed by atoms with Gasteiger partial charge >= 0.3 is 0 Å². The van der Waals surface area contributed by atoms with Crippen molar-refractivity contribution in [2.24, 2.45) is 5.92 Å². The Kier molecular flexibility index (Phi) is 6.41. The first kappa shape index (κ1) is 15.2. The fraction of sp³-hybridized carbons (Fsp3) is 0.800. The van der Waals surface area contributed by atoms with E-state index in [2.05, 4.69) is 30.6 Å². The fourth-order valence-electron chi connectivity index (χ4n) is 2.65. The van der Waals surface area contributed by atoms with Gasteiger partial charge in [0.25, 0.3) is 0 Å². The minimum Gasteiger partial charge on any atom is -0.352 e. The summed E-state index contributed by atoms with van der Waals surface area (Å²) in [5, 5.41) is 3.20. The van der Waals surface area contributed by atoms with Crippen LogP contribution in [0, 0.1) is 5.92 Å². The highest BCUT2D eigenvalue weighted by Gasteiger charge is 2.23. The van der Waals surface area contributed by atoms with E-state index in [0.29, 0.717) is 18.5 Å². The second-order valence-corrected chi connectivity index (χ2v) is 5.70. The number of hydrogen-bond acceptors (Lipinski definition) is 2. The summed E-state index contributed by atoms with van der Waals surface area (Å²) < 4.78 is 0. The zero-order valence-corrected chi connectivity index (χ0v) is 12.2. The Bertz CT molecular complexity index is 288. The third kappa shape index (κ3) is 5.21. The summed E-state index contributed by atoms with van der Waals surface area (Å²) in [7, 11) is 0. The van der Waals surface area contributed by atoms with Gasteiger partial charge in [-0.05, 0) is 32.2 Å². The standard InChI is InChI=1S/C15H28N2O/c1-5-17(10-12(2)3)11-15(18)16-14-9-7-6-8-13(14)4/h13-14H,2,5-11H2,1,3-4H3,(H,16,18). The molecule has 104 valence electrons. The van der Waals surface area contributed by atoms with E-state index in [1.807, 2.05) is 6.92 Å². The molecule has 0 heterocycles. The van der Waals surface area contributed by atoms with Gasteiger partial charge in [-0.25, -0.2) is 0 Å². The van der Waals surface area contributed by atoms with Crippen LogP contribution >= 0.6 is 0 Å². The van der Waals surface area contributed by atoms with Crippen molar-refractivity contribution in [2.75, 3.05) is 19.6 Å². The largest absolute Gasteiger partial charge is 0.352 e. The molecular weight excluding hydrogens is 224 g/mol. The number of rotatable bonds is 6. The van der Waals surface area contributed by atoms with Crippen LogP contribution in [0.1, 0.15) is 46.5 Å². The van der Waals surface area contributed by atoms with Crippen molar-refractivity contribution in [3.8, 4) is 0 Å². The summed E-state index contributed by atoms with van der Waals surface area (Å²) in [6, 6.07) is 0.384. The van der Waals surface area contributed by atoms with Crippen molar-refractivity contribution < 1.29 is 4.79 Å². The zero-order chi connectivity index (χ0) is 13.5. The van der Waals surface area contributed by atoms with Crippen LogP contribution in [0.25, 0.3) is 0 Å². The van der Waals surface area contributed by atoms with Gasteiger partial charge in [0.15, 0.2) is 0 Å². The number of carbonyl (C=O) groups is 1. The first-order valence-corrected chi connectivity index (χ1v) is 7.19. The van der Waals surface area contributed by atoms with Crippen LogP contribution in [0.5, 0.6) is 0 Å². The topological polar surface area (TPSA) is 32.3 Å².